The molecule has 8 heteroatoms. The van der Waals surface area contributed by atoms with Crippen LogP contribution in [0.4, 0.5) is 13.2 Å². The fraction of sp³-hybridized carbons (Fsp3) is 0.600. The average molecular weight is 394 g/mol. The lowest BCUT2D eigenvalue weighted by atomic mass is 9.95. The second-order valence-corrected chi connectivity index (χ2v) is 7.91. The van der Waals surface area contributed by atoms with Gasteiger partial charge in [-0.25, -0.2) is 4.98 Å². The molecule has 2 heterocycles. The molecule has 2 aromatic rings. The van der Waals surface area contributed by atoms with Gasteiger partial charge in [0.1, 0.15) is 5.52 Å². The zero-order valence-electron chi connectivity index (χ0n) is 15.7. The second-order valence-electron chi connectivity index (χ2n) is 7.91. The van der Waals surface area contributed by atoms with E-state index in [4.69, 9.17) is 0 Å². The number of fused-ring (bicyclic) bond motifs is 1. The van der Waals surface area contributed by atoms with Crippen LogP contribution in [0.3, 0.4) is 0 Å². The van der Waals surface area contributed by atoms with Gasteiger partial charge >= 0.3 is 6.18 Å². The Bertz CT molecular complexity index is 834. The summed E-state index contributed by atoms with van der Waals surface area (Å²) in [4.78, 5) is 21.0. The van der Waals surface area contributed by atoms with Gasteiger partial charge in [0.25, 0.3) is 5.91 Å². The van der Waals surface area contributed by atoms with E-state index in [1.807, 2.05) is 0 Å². The van der Waals surface area contributed by atoms with Gasteiger partial charge in [0.2, 0.25) is 5.82 Å². The molecule has 152 valence electrons. The van der Waals surface area contributed by atoms with Crippen molar-refractivity contribution < 1.29 is 18.0 Å². The van der Waals surface area contributed by atoms with E-state index < -0.39 is 12.0 Å². The third-order valence-corrected chi connectivity index (χ3v) is 6.07. The van der Waals surface area contributed by atoms with Crippen molar-refractivity contribution in [3.63, 3.8) is 0 Å². The predicted molar refractivity (Wildman–Crippen MR) is 100.0 cm³/mol. The third-order valence-electron chi connectivity index (χ3n) is 6.07. The van der Waals surface area contributed by atoms with E-state index in [9.17, 15) is 18.0 Å². The van der Waals surface area contributed by atoms with E-state index in [2.05, 4.69) is 20.2 Å². The molecule has 2 fully saturated rings. The van der Waals surface area contributed by atoms with Gasteiger partial charge in [0.05, 0.1) is 11.1 Å². The Morgan fingerprint density at radius 2 is 1.89 bits per heavy atom. The van der Waals surface area contributed by atoms with Crippen molar-refractivity contribution in [3.05, 3.63) is 29.6 Å². The normalized spacial score (nSPS) is 20.1. The number of rotatable bonds is 4. The number of piperidine rings is 1. The van der Waals surface area contributed by atoms with Crippen molar-refractivity contribution in [1.82, 2.24) is 20.2 Å². The number of nitrogens with one attached hydrogen (secondary N) is 2. The number of aromatic amines is 1. The molecule has 1 saturated heterocycles. The zero-order valence-corrected chi connectivity index (χ0v) is 15.7. The molecule has 1 aromatic carbocycles. The number of likely N-dealkylation sites (tertiary alicyclic amines) is 1. The van der Waals surface area contributed by atoms with Crippen molar-refractivity contribution in [2.75, 3.05) is 19.6 Å². The van der Waals surface area contributed by atoms with Crippen LogP contribution >= 0.6 is 0 Å². The quantitative estimate of drug-likeness (QED) is 0.825. The number of carbonyl (C=O) groups is 1. The Labute approximate surface area is 161 Å². The molecule has 4 rings (SSSR count). The number of hydrogen-bond acceptors (Lipinski definition) is 3. The number of para-hydroxylation sites is 1. The first kappa shape index (κ1) is 19.2. The van der Waals surface area contributed by atoms with Crippen LogP contribution in [-0.2, 0) is 6.18 Å². The molecular formula is C20H25F3N4O. The maximum absolute atomic E-state index is 12.9. The Kier molecular flexibility index (Phi) is 5.31. The van der Waals surface area contributed by atoms with Crippen LogP contribution in [0.15, 0.2) is 18.2 Å². The number of hydrogen-bond donors (Lipinski definition) is 2. The van der Waals surface area contributed by atoms with Crippen molar-refractivity contribution in [1.29, 1.82) is 0 Å². The summed E-state index contributed by atoms with van der Waals surface area (Å²) >= 11 is 0. The van der Waals surface area contributed by atoms with Crippen LogP contribution in [-0.4, -0.2) is 46.5 Å². The summed E-state index contributed by atoms with van der Waals surface area (Å²) in [6.07, 6.45) is 2.78. The van der Waals surface area contributed by atoms with Crippen LogP contribution in [0.25, 0.3) is 11.0 Å². The number of benzene rings is 1. The van der Waals surface area contributed by atoms with E-state index in [1.165, 1.54) is 37.8 Å². The van der Waals surface area contributed by atoms with E-state index >= 15 is 0 Å². The molecule has 1 aliphatic heterocycles. The molecule has 5 nitrogen and oxygen atoms in total. The van der Waals surface area contributed by atoms with Crippen molar-refractivity contribution in [3.8, 4) is 0 Å². The highest BCUT2D eigenvalue weighted by Crippen LogP contribution is 2.30. The minimum absolute atomic E-state index is 0.0587. The summed E-state index contributed by atoms with van der Waals surface area (Å²) in [6.45, 7) is 2.68. The molecule has 0 unspecified atom stereocenters. The van der Waals surface area contributed by atoms with Crippen LogP contribution in [0.2, 0.25) is 0 Å². The summed E-state index contributed by atoms with van der Waals surface area (Å²) < 4.78 is 38.7. The van der Waals surface area contributed by atoms with Gasteiger partial charge < -0.3 is 15.2 Å². The summed E-state index contributed by atoms with van der Waals surface area (Å²) in [5.41, 5.74) is 0.445. The van der Waals surface area contributed by atoms with Gasteiger partial charge in [-0.3, -0.25) is 4.79 Å². The average Bonchev–Trinajstić information content (AvgIpc) is 3.35. The Morgan fingerprint density at radius 3 is 2.57 bits per heavy atom. The van der Waals surface area contributed by atoms with Crippen molar-refractivity contribution >= 4 is 16.9 Å². The monoisotopic (exact) mass is 394 g/mol. The number of aromatic nitrogens is 2. The number of imidazole rings is 1. The van der Waals surface area contributed by atoms with Crippen LogP contribution < -0.4 is 5.32 Å². The van der Waals surface area contributed by atoms with Gasteiger partial charge in [-0.1, -0.05) is 18.9 Å². The lowest BCUT2D eigenvalue weighted by molar-refractivity contribution is -0.144. The van der Waals surface area contributed by atoms with Gasteiger partial charge in [0, 0.05) is 12.6 Å². The standard InChI is InChI=1S/C20H25F3N4O/c21-20(22,23)19-25-16-7-3-6-15(17(16)26-19)18(28)24-12-13-8-10-27(11-9-13)14-4-1-2-5-14/h3,6-7,13-14H,1-2,4-5,8-12H2,(H,24,28)(H,25,26). The first-order valence-electron chi connectivity index (χ1n) is 10.00. The maximum Gasteiger partial charge on any atom is 0.449 e. The molecule has 1 aromatic heterocycles. The number of nitrogens with zero attached hydrogens (tertiary/aromatic N) is 2. The largest absolute Gasteiger partial charge is 0.449 e. The lowest BCUT2D eigenvalue weighted by Gasteiger charge is -2.36. The molecule has 0 spiro atoms. The van der Waals surface area contributed by atoms with Crippen molar-refractivity contribution in [2.24, 2.45) is 5.92 Å². The number of halogens is 3. The number of amides is 1. The topological polar surface area (TPSA) is 61.0 Å². The van der Waals surface area contributed by atoms with Gasteiger partial charge in [0.15, 0.2) is 0 Å². The summed E-state index contributed by atoms with van der Waals surface area (Å²) in [5.74, 6) is -1.04. The van der Waals surface area contributed by atoms with E-state index in [-0.39, 0.29) is 22.5 Å². The van der Waals surface area contributed by atoms with Gasteiger partial charge in [-0.2, -0.15) is 13.2 Å². The fourth-order valence-corrected chi connectivity index (χ4v) is 4.47. The van der Waals surface area contributed by atoms with Gasteiger partial charge in [-0.05, 0) is 56.8 Å². The van der Waals surface area contributed by atoms with Crippen LogP contribution in [0.5, 0.6) is 0 Å². The highest BCUT2D eigenvalue weighted by atomic mass is 19.4. The second kappa shape index (κ2) is 7.73. The molecule has 1 amide bonds. The first-order valence-corrected chi connectivity index (χ1v) is 10.00. The molecular weight excluding hydrogens is 369 g/mol. The Morgan fingerprint density at radius 1 is 1.18 bits per heavy atom. The molecule has 28 heavy (non-hydrogen) atoms. The fourth-order valence-electron chi connectivity index (χ4n) is 4.47. The molecule has 1 saturated carbocycles. The van der Waals surface area contributed by atoms with E-state index in [1.54, 1.807) is 6.07 Å². The summed E-state index contributed by atoms with van der Waals surface area (Å²) in [7, 11) is 0. The highest BCUT2D eigenvalue weighted by Gasteiger charge is 2.35. The number of H-pyrrole nitrogens is 1. The zero-order chi connectivity index (χ0) is 19.7. The highest BCUT2D eigenvalue weighted by molar-refractivity contribution is 6.04. The minimum Gasteiger partial charge on any atom is -0.352 e. The molecule has 2 N–H and O–H groups in total. The smallest absolute Gasteiger partial charge is 0.352 e. The first-order chi connectivity index (χ1) is 13.4. The van der Waals surface area contributed by atoms with Crippen LogP contribution in [0, 0.1) is 5.92 Å². The molecule has 2 aliphatic rings. The Hall–Kier alpha value is -2.09. The van der Waals surface area contributed by atoms with Crippen molar-refractivity contribution in [2.45, 2.75) is 50.7 Å². The number of alkyl halides is 3. The van der Waals surface area contributed by atoms with Gasteiger partial charge in [-0.15, -0.1) is 0 Å². The third kappa shape index (κ3) is 4.01. The maximum atomic E-state index is 12.9. The van der Waals surface area contributed by atoms with E-state index in [0.717, 1.165) is 32.0 Å². The summed E-state index contributed by atoms with van der Waals surface area (Å²) in [6, 6.07) is 5.31. The van der Waals surface area contributed by atoms with Crippen LogP contribution in [0.1, 0.15) is 54.7 Å². The molecule has 0 atom stereocenters. The molecule has 0 bridgehead atoms. The summed E-state index contributed by atoms with van der Waals surface area (Å²) in [5, 5.41) is 2.90. The molecule has 1 aliphatic carbocycles. The minimum atomic E-state index is -4.57. The van der Waals surface area contributed by atoms with E-state index in [0.29, 0.717) is 12.5 Å². The lowest BCUT2D eigenvalue weighted by Crippen LogP contribution is -2.42. The predicted octanol–water partition coefficient (Wildman–Crippen LogP) is 3.97. The SMILES string of the molecule is O=C(NCC1CCN(C2CCCC2)CC1)c1cccc2[nH]c(C(F)(F)F)nc12. The molecule has 0 radical (unpaired) electrons. The number of carbonyl (C=O) groups excluding carboxylic acids is 1. The Balaban J connectivity index is 1.36.